The van der Waals surface area contributed by atoms with Gasteiger partial charge in [-0.1, -0.05) is 24.3 Å². The number of alkyl halides is 1. The highest BCUT2D eigenvalue weighted by molar-refractivity contribution is 6.29. The second-order valence-corrected chi connectivity index (χ2v) is 4.94. The molecule has 4 heteroatoms. The van der Waals surface area contributed by atoms with Gasteiger partial charge in [-0.25, -0.2) is 0 Å². The number of benzene rings is 1. The monoisotopic (exact) mass is 253 g/mol. The van der Waals surface area contributed by atoms with Gasteiger partial charge in [0.1, 0.15) is 5.38 Å². The number of hydrogen-bond donors (Lipinski definition) is 1. The minimum atomic E-state index is -0.941. The molecule has 0 amide bonds. The lowest BCUT2D eigenvalue weighted by molar-refractivity contribution is -0.137. The lowest BCUT2D eigenvalue weighted by atomic mass is 10.0. The molecule has 0 saturated heterocycles. The van der Waals surface area contributed by atoms with Gasteiger partial charge in [0, 0.05) is 13.1 Å². The highest BCUT2D eigenvalue weighted by atomic mass is 35.5. The molecule has 2 rings (SSSR count). The van der Waals surface area contributed by atoms with Gasteiger partial charge >= 0.3 is 5.97 Å². The van der Waals surface area contributed by atoms with E-state index in [1.165, 1.54) is 11.1 Å². The number of aryl methyl sites for hydroxylation is 1. The summed E-state index contributed by atoms with van der Waals surface area (Å²) >= 11 is 5.79. The molecule has 1 aliphatic rings. The van der Waals surface area contributed by atoms with Gasteiger partial charge < -0.3 is 5.11 Å². The molecule has 0 fully saturated rings. The summed E-state index contributed by atoms with van der Waals surface area (Å²) in [6.45, 7) is 2.11. The van der Waals surface area contributed by atoms with E-state index in [2.05, 4.69) is 23.1 Å². The SMILES string of the molecule is O=C(O)C(Cl)CN1CCCc2ccccc2C1. The average Bonchev–Trinajstić information content (AvgIpc) is 2.50. The van der Waals surface area contributed by atoms with Crippen LogP contribution in [0.2, 0.25) is 0 Å². The number of fused-ring (bicyclic) bond motifs is 1. The smallest absolute Gasteiger partial charge is 0.322 e. The third-order valence-electron chi connectivity index (χ3n) is 3.12. The van der Waals surface area contributed by atoms with Crippen molar-refractivity contribution in [3.63, 3.8) is 0 Å². The number of aliphatic carboxylic acids is 1. The van der Waals surface area contributed by atoms with Crippen LogP contribution in [-0.2, 0) is 17.8 Å². The Morgan fingerprint density at radius 1 is 1.41 bits per heavy atom. The van der Waals surface area contributed by atoms with E-state index in [9.17, 15) is 4.79 Å². The van der Waals surface area contributed by atoms with Gasteiger partial charge in [0.2, 0.25) is 0 Å². The highest BCUT2D eigenvalue weighted by Gasteiger charge is 2.20. The maximum Gasteiger partial charge on any atom is 0.322 e. The van der Waals surface area contributed by atoms with E-state index in [1.807, 2.05) is 6.07 Å². The van der Waals surface area contributed by atoms with E-state index in [-0.39, 0.29) is 0 Å². The molecule has 0 aromatic heterocycles. The van der Waals surface area contributed by atoms with E-state index in [0.29, 0.717) is 6.54 Å². The number of carboxylic acid groups (broad SMARTS) is 1. The standard InChI is InChI=1S/C13H16ClNO2/c14-12(13(16)17)9-15-7-3-6-10-4-1-2-5-11(10)8-15/h1-2,4-5,12H,3,6-9H2,(H,16,17). The summed E-state index contributed by atoms with van der Waals surface area (Å²) in [4.78, 5) is 12.9. The lowest BCUT2D eigenvalue weighted by Crippen LogP contribution is -2.33. The van der Waals surface area contributed by atoms with Crippen LogP contribution >= 0.6 is 11.6 Å². The molecule has 1 aliphatic heterocycles. The number of carboxylic acids is 1. The third-order valence-corrected chi connectivity index (χ3v) is 3.44. The third kappa shape index (κ3) is 3.20. The zero-order valence-corrected chi connectivity index (χ0v) is 10.4. The summed E-state index contributed by atoms with van der Waals surface area (Å²) in [6.07, 6.45) is 2.12. The minimum absolute atomic E-state index is 0.408. The molecule has 1 atom stereocenters. The summed E-state index contributed by atoms with van der Waals surface area (Å²) in [5, 5.41) is 8.00. The van der Waals surface area contributed by atoms with E-state index >= 15 is 0 Å². The Balaban J connectivity index is 2.05. The molecule has 1 heterocycles. The Morgan fingerprint density at radius 3 is 2.82 bits per heavy atom. The molecule has 0 saturated carbocycles. The fourth-order valence-corrected chi connectivity index (χ4v) is 2.42. The molecule has 17 heavy (non-hydrogen) atoms. The number of rotatable bonds is 3. The summed E-state index contributed by atoms with van der Waals surface area (Å²) in [5.41, 5.74) is 2.66. The van der Waals surface area contributed by atoms with E-state index in [1.54, 1.807) is 0 Å². The minimum Gasteiger partial charge on any atom is -0.480 e. The molecule has 1 N–H and O–H groups in total. The van der Waals surface area contributed by atoms with Gasteiger partial charge in [0.05, 0.1) is 0 Å². The Hall–Kier alpha value is -1.06. The molecule has 1 unspecified atom stereocenters. The van der Waals surface area contributed by atoms with Crippen LogP contribution in [0.4, 0.5) is 0 Å². The molecular weight excluding hydrogens is 238 g/mol. The molecule has 0 aliphatic carbocycles. The number of carbonyl (C=O) groups is 1. The predicted molar refractivity (Wildman–Crippen MR) is 67.3 cm³/mol. The molecule has 0 bridgehead atoms. The molecule has 92 valence electrons. The van der Waals surface area contributed by atoms with Crippen molar-refractivity contribution in [2.75, 3.05) is 13.1 Å². The van der Waals surface area contributed by atoms with Crippen molar-refractivity contribution in [3.05, 3.63) is 35.4 Å². The first-order valence-electron chi connectivity index (χ1n) is 5.83. The largest absolute Gasteiger partial charge is 0.480 e. The Kier molecular flexibility index (Phi) is 4.02. The van der Waals surface area contributed by atoms with E-state index in [0.717, 1.165) is 25.9 Å². The van der Waals surface area contributed by atoms with E-state index < -0.39 is 11.3 Å². The van der Waals surface area contributed by atoms with Crippen molar-refractivity contribution in [1.82, 2.24) is 4.90 Å². The molecule has 1 aromatic carbocycles. The van der Waals surface area contributed by atoms with Gasteiger partial charge in [-0.05, 0) is 30.5 Å². The number of halogens is 1. The second-order valence-electron chi connectivity index (χ2n) is 4.41. The first-order chi connectivity index (χ1) is 8.16. The first-order valence-corrected chi connectivity index (χ1v) is 6.26. The summed E-state index contributed by atoms with van der Waals surface area (Å²) in [7, 11) is 0. The summed E-state index contributed by atoms with van der Waals surface area (Å²) in [5.74, 6) is -0.941. The van der Waals surface area contributed by atoms with Crippen LogP contribution in [0, 0.1) is 0 Å². The van der Waals surface area contributed by atoms with Gasteiger partial charge in [-0.3, -0.25) is 9.69 Å². The van der Waals surface area contributed by atoms with Gasteiger partial charge in [-0.2, -0.15) is 0 Å². The Morgan fingerprint density at radius 2 is 2.12 bits per heavy atom. The molecular formula is C13H16ClNO2. The highest BCUT2D eigenvalue weighted by Crippen LogP contribution is 2.19. The quantitative estimate of drug-likeness (QED) is 0.839. The van der Waals surface area contributed by atoms with Crippen LogP contribution in [0.3, 0.4) is 0 Å². The van der Waals surface area contributed by atoms with Crippen molar-refractivity contribution in [1.29, 1.82) is 0 Å². The second kappa shape index (κ2) is 5.52. The van der Waals surface area contributed by atoms with Crippen molar-refractivity contribution < 1.29 is 9.90 Å². The van der Waals surface area contributed by atoms with Crippen LogP contribution in [0.1, 0.15) is 17.5 Å². The Labute approximate surface area is 106 Å². The fraction of sp³-hybridized carbons (Fsp3) is 0.462. The number of nitrogens with zero attached hydrogens (tertiary/aromatic N) is 1. The topological polar surface area (TPSA) is 40.5 Å². The van der Waals surface area contributed by atoms with Crippen LogP contribution in [0.5, 0.6) is 0 Å². The maximum absolute atomic E-state index is 10.7. The van der Waals surface area contributed by atoms with Crippen LogP contribution < -0.4 is 0 Å². The first kappa shape index (κ1) is 12.4. The molecule has 0 radical (unpaired) electrons. The van der Waals surface area contributed by atoms with Crippen LogP contribution in [-0.4, -0.2) is 34.4 Å². The van der Waals surface area contributed by atoms with Crippen molar-refractivity contribution >= 4 is 17.6 Å². The lowest BCUT2D eigenvalue weighted by Gasteiger charge is -2.21. The normalized spacial score (nSPS) is 18.2. The van der Waals surface area contributed by atoms with Gasteiger partial charge in [-0.15, -0.1) is 11.6 Å². The van der Waals surface area contributed by atoms with Crippen molar-refractivity contribution in [3.8, 4) is 0 Å². The van der Waals surface area contributed by atoms with Crippen molar-refractivity contribution in [2.24, 2.45) is 0 Å². The molecule has 1 aromatic rings. The van der Waals surface area contributed by atoms with Crippen LogP contribution in [0.15, 0.2) is 24.3 Å². The summed E-state index contributed by atoms with van der Waals surface area (Å²) in [6, 6.07) is 8.33. The van der Waals surface area contributed by atoms with Gasteiger partial charge in [0.25, 0.3) is 0 Å². The fourth-order valence-electron chi connectivity index (χ4n) is 2.23. The zero-order chi connectivity index (χ0) is 12.3. The predicted octanol–water partition coefficient (Wildman–Crippen LogP) is 2.13. The average molecular weight is 254 g/mol. The van der Waals surface area contributed by atoms with Crippen LogP contribution in [0.25, 0.3) is 0 Å². The van der Waals surface area contributed by atoms with E-state index in [4.69, 9.17) is 16.7 Å². The Bertz CT molecular complexity index is 408. The maximum atomic E-state index is 10.7. The van der Waals surface area contributed by atoms with Crippen molar-refractivity contribution in [2.45, 2.75) is 24.8 Å². The van der Waals surface area contributed by atoms with Gasteiger partial charge in [0.15, 0.2) is 0 Å². The zero-order valence-electron chi connectivity index (χ0n) is 9.60. The molecule has 3 nitrogen and oxygen atoms in total. The number of hydrogen-bond acceptors (Lipinski definition) is 2. The summed E-state index contributed by atoms with van der Waals surface area (Å²) < 4.78 is 0. The molecule has 0 spiro atoms.